The van der Waals surface area contributed by atoms with Crippen molar-refractivity contribution in [2.75, 3.05) is 0 Å². The first-order chi connectivity index (χ1) is 14.8. The van der Waals surface area contributed by atoms with E-state index in [9.17, 15) is 18.0 Å². The van der Waals surface area contributed by atoms with E-state index in [0.29, 0.717) is 5.69 Å². The second-order valence-electron chi connectivity index (χ2n) is 6.65. The van der Waals surface area contributed by atoms with E-state index in [-0.39, 0.29) is 18.0 Å². The van der Waals surface area contributed by atoms with Crippen molar-refractivity contribution in [1.82, 2.24) is 24.5 Å². The minimum atomic E-state index is -4.48. The number of esters is 1. The number of aromatic nitrogens is 5. The fourth-order valence-corrected chi connectivity index (χ4v) is 2.91. The minimum Gasteiger partial charge on any atom is -0.457 e. The van der Waals surface area contributed by atoms with Gasteiger partial charge in [-0.05, 0) is 42.8 Å². The van der Waals surface area contributed by atoms with Crippen LogP contribution in [0, 0.1) is 6.92 Å². The molecule has 3 heterocycles. The Morgan fingerprint density at radius 3 is 2.45 bits per heavy atom. The van der Waals surface area contributed by atoms with Crippen LogP contribution in [0.25, 0.3) is 11.5 Å². The van der Waals surface area contributed by atoms with Crippen molar-refractivity contribution in [2.45, 2.75) is 19.7 Å². The highest BCUT2D eigenvalue weighted by Gasteiger charge is 2.30. The first-order valence-corrected chi connectivity index (χ1v) is 9.17. The summed E-state index contributed by atoms with van der Waals surface area (Å²) in [6.45, 7) is 1.67. The van der Waals surface area contributed by atoms with Crippen LogP contribution >= 0.6 is 0 Å². The van der Waals surface area contributed by atoms with Gasteiger partial charge in [0.05, 0.1) is 23.1 Å². The fourth-order valence-electron chi connectivity index (χ4n) is 2.91. The highest BCUT2D eigenvalue weighted by molar-refractivity contribution is 5.90. The molecule has 0 fully saturated rings. The highest BCUT2D eigenvalue weighted by Crippen LogP contribution is 2.28. The molecule has 4 aromatic rings. The molecule has 4 rings (SSSR count). The van der Waals surface area contributed by atoms with E-state index < -0.39 is 17.7 Å². The summed E-state index contributed by atoms with van der Waals surface area (Å²) in [6.07, 6.45) is 1.05. The van der Waals surface area contributed by atoms with Gasteiger partial charge in [0, 0.05) is 18.6 Å². The summed E-state index contributed by atoms with van der Waals surface area (Å²) in [4.78, 5) is 16.3. The van der Waals surface area contributed by atoms with Gasteiger partial charge < -0.3 is 4.74 Å². The predicted molar refractivity (Wildman–Crippen MR) is 104 cm³/mol. The Balaban J connectivity index is 1.43. The zero-order chi connectivity index (χ0) is 22.0. The van der Waals surface area contributed by atoms with Crippen LogP contribution in [0.4, 0.5) is 13.2 Å². The SMILES string of the molecule is Cc1c(C(=O)OCc2ccc(-n3cccn3)cc2)cnn1-c1ccc(C(F)(F)F)cn1. The lowest BCUT2D eigenvalue weighted by molar-refractivity contribution is -0.137. The Hall–Kier alpha value is -3.95. The standard InChI is InChI=1S/C21H16F3N5O2/c1-14-18(12-27-29(14)19-8-5-16(11-25-19)21(22,23)24)20(30)31-13-15-3-6-17(7-4-15)28-10-2-9-26-28/h2-12H,13H2,1H3. The van der Waals surface area contributed by atoms with E-state index in [1.807, 2.05) is 36.5 Å². The summed E-state index contributed by atoms with van der Waals surface area (Å²) >= 11 is 0. The van der Waals surface area contributed by atoms with Crippen molar-refractivity contribution in [3.63, 3.8) is 0 Å². The summed E-state index contributed by atoms with van der Waals surface area (Å²) in [6, 6.07) is 11.3. The van der Waals surface area contributed by atoms with Crippen LogP contribution in [0.5, 0.6) is 0 Å². The molecular formula is C21H16F3N5O2. The molecule has 0 atom stereocenters. The molecule has 1 aromatic carbocycles. The van der Waals surface area contributed by atoms with E-state index in [1.165, 1.54) is 16.9 Å². The smallest absolute Gasteiger partial charge is 0.417 e. The van der Waals surface area contributed by atoms with Crippen molar-refractivity contribution in [1.29, 1.82) is 0 Å². The Bertz CT molecular complexity index is 1180. The van der Waals surface area contributed by atoms with Gasteiger partial charge in [0.1, 0.15) is 12.2 Å². The molecule has 0 bridgehead atoms. The second-order valence-corrected chi connectivity index (χ2v) is 6.65. The third-order valence-corrected chi connectivity index (χ3v) is 4.60. The largest absolute Gasteiger partial charge is 0.457 e. The normalized spacial score (nSPS) is 11.5. The number of rotatable bonds is 5. The summed E-state index contributed by atoms with van der Waals surface area (Å²) in [5.74, 6) is -0.425. The number of carbonyl (C=O) groups is 1. The third-order valence-electron chi connectivity index (χ3n) is 4.60. The van der Waals surface area contributed by atoms with Crippen molar-refractivity contribution in [3.8, 4) is 11.5 Å². The highest BCUT2D eigenvalue weighted by atomic mass is 19.4. The van der Waals surface area contributed by atoms with Crippen LogP contribution in [0.3, 0.4) is 0 Å². The molecule has 0 spiro atoms. The number of benzene rings is 1. The van der Waals surface area contributed by atoms with Gasteiger partial charge in [0.2, 0.25) is 0 Å². The molecule has 0 unspecified atom stereocenters. The number of halogens is 3. The first-order valence-electron chi connectivity index (χ1n) is 9.17. The van der Waals surface area contributed by atoms with Gasteiger partial charge >= 0.3 is 12.1 Å². The minimum absolute atomic E-state index is 0.0569. The maximum Gasteiger partial charge on any atom is 0.417 e. The van der Waals surface area contributed by atoms with Crippen molar-refractivity contribution < 1.29 is 22.7 Å². The molecule has 0 aliphatic rings. The van der Waals surface area contributed by atoms with Gasteiger partial charge in [0.25, 0.3) is 0 Å². The summed E-state index contributed by atoms with van der Waals surface area (Å²) < 4.78 is 46.5. The lowest BCUT2D eigenvalue weighted by Crippen LogP contribution is -2.09. The fraction of sp³-hybridized carbons (Fsp3) is 0.143. The van der Waals surface area contributed by atoms with Gasteiger partial charge in [-0.25, -0.2) is 19.1 Å². The molecule has 10 heteroatoms. The molecule has 0 N–H and O–H groups in total. The average Bonchev–Trinajstić information content (AvgIpc) is 3.42. The second kappa shape index (κ2) is 8.05. The Kier molecular flexibility index (Phi) is 5.28. The molecule has 0 saturated heterocycles. The van der Waals surface area contributed by atoms with Crippen LogP contribution < -0.4 is 0 Å². The first kappa shape index (κ1) is 20.3. The van der Waals surface area contributed by atoms with Gasteiger partial charge in [-0.3, -0.25) is 0 Å². The molecule has 7 nitrogen and oxygen atoms in total. The van der Waals surface area contributed by atoms with E-state index >= 15 is 0 Å². The summed E-state index contributed by atoms with van der Waals surface area (Å²) in [7, 11) is 0. The number of hydrogen-bond acceptors (Lipinski definition) is 5. The molecule has 0 amide bonds. The van der Waals surface area contributed by atoms with E-state index in [4.69, 9.17) is 4.74 Å². The van der Waals surface area contributed by atoms with Gasteiger partial charge in [0.15, 0.2) is 5.82 Å². The topological polar surface area (TPSA) is 74.8 Å². The van der Waals surface area contributed by atoms with Crippen LogP contribution in [-0.2, 0) is 17.5 Å². The molecular weight excluding hydrogens is 411 g/mol. The Morgan fingerprint density at radius 2 is 1.84 bits per heavy atom. The molecule has 158 valence electrons. The van der Waals surface area contributed by atoms with Crippen LogP contribution in [0.15, 0.2) is 67.3 Å². The van der Waals surface area contributed by atoms with E-state index in [0.717, 1.165) is 23.5 Å². The molecule has 31 heavy (non-hydrogen) atoms. The molecule has 0 radical (unpaired) electrons. The number of hydrogen-bond donors (Lipinski definition) is 0. The number of pyridine rings is 1. The predicted octanol–water partition coefficient (Wildman–Crippen LogP) is 4.14. The van der Waals surface area contributed by atoms with Crippen LogP contribution in [0.1, 0.15) is 27.2 Å². The van der Waals surface area contributed by atoms with Crippen molar-refractivity contribution in [2.24, 2.45) is 0 Å². The number of nitrogens with zero attached hydrogens (tertiary/aromatic N) is 5. The molecule has 3 aromatic heterocycles. The van der Waals surface area contributed by atoms with Gasteiger partial charge in [-0.15, -0.1) is 0 Å². The Labute approximate surface area is 174 Å². The van der Waals surface area contributed by atoms with Crippen LogP contribution in [-0.4, -0.2) is 30.5 Å². The van der Waals surface area contributed by atoms with Crippen molar-refractivity contribution in [3.05, 3.63) is 89.6 Å². The number of ether oxygens (including phenoxy) is 1. The summed E-state index contributed by atoms with van der Waals surface area (Å²) in [5, 5.41) is 8.20. The zero-order valence-corrected chi connectivity index (χ0v) is 16.2. The molecule has 0 saturated carbocycles. The lowest BCUT2D eigenvalue weighted by atomic mass is 10.2. The third kappa shape index (κ3) is 4.32. The van der Waals surface area contributed by atoms with Crippen molar-refractivity contribution >= 4 is 5.97 Å². The lowest BCUT2D eigenvalue weighted by Gasteiger charge is -2.08. The summed E-state index contributed by atoms with van der Waals surface area (Å²) in [5.41, 5.74) is 1.42. The Morgan fingerprint density at radius 1 is 1.06 bits per heavy atom. The van der Waals surface area contributed by atoms with E-state index in [2.05, 4.69) is 15.2 Å². The van der Waals surface area contributed by atoms with E-state index in [1.54, 1.807) is 17.8 Å². The maximum absolute atomic E-state index is 12.7. The van der Waals surface area contributed by atoms with Gasteiger partial charge in [-0.2, -0.15) is 23.4 Å². The monoisotopic (exact) mass is 427 g/mol. The molecule has 0 aliphatic heterocycles. The number of carbonyl (C=O) groups excluding carboxylic acids is 1. The average molecular weight is 427 g/mol. The van der Waals surface area contributed by atoms with Gasteiger partial charge in [-0.1, -0.05) is 12.1 Å². The zero-order valence-electron chi connectivity index (χ0n) is 16.2. The number of alkyl halides is 3. The van der Waals surface area contributed by atoms with Crippen LogP contribution in [0.2, 0.25) is 0 Å². The maximum atomic E-state index is 12.7. The quantitative estimate of drug-likeness (QED) is 0.448. The molecule has 0 aliphatic carbocycles.